The summed E-state index contributed by atoms with van der Waals surface area (Å²) in [6.45, 7) is 4.01. The molecule has 0 radical (unpaired) electrons. The van der Waals surface area contributed by atoms with Gasteiger partial charge in [0.1, 0.15) is 0 Å². The Hall–Kier alpha value is -2.24. The molecule has 0 unspecified atom stereocenters. The van der Waals surface area contributed by atoms with Crippen LogP contribution in [0.5, 0.6) is 0 Å². The summed E-state index contributed by atoms with van der Waals surface area (Å²) in [5.41, 5.74) is 3.52. The van der Waals surface area contributed by atoms with Crippen molar-refractivity contribution in [1.82, 2.24) is 15.6 Å². The van der Waals surface area contributed by atoms with Crippen molar-refractivity contribution in [2.45, 2.75) is 43.9 Å². The lowest BCUT2D eigenvalue weighted by atomic mass is 9.72. The zero-order valence-electron chi connectivity index (χ0n) is 15.1. The maximum Gasteiger partial charge on any atom is 0.217 e. The smallest absolute Gasteiger partial charge is 0.217 e. The van der Waals surface area contributed by atoms with E-state index >= 15 is 0 Å². The highest BCUT2D eigenvalue weighted by atomic mass is 16.5. The largest absolute Gasteiger partial charge is 0.370 e. The van der Waals surface area contributed by atoms with Crippen molar-refractivity contribution in [3.05, 3.63) is 65.5 Å². The molecule has 2 atom stereocenters. The number of hydrogen-bond acceptors (Lipinski definition) is 4. The predicted octanol–water partition coefficient (Wildman–Crippen LogP) is 2.48. The first-order chi connectivity index (χ1) is 12.7. The molecule has 1 aliphatic carbocycles. The van der Waals surface area contributed by atoms with E-state index in [9.17, 15) is 4.79 Å². The van der Waals surface area contributed by atoms with Crippen molar-refractivity contribution in [3.63, 3.8) is 0 Å². The van der Waals surface area contributed by atoms with Crippen molar-refractivity contribution in [2.75, 3.05) is 13.1 Å². The molecule has 0 saturated carbocycles. The van der Waals surface area contributed by atoms with Crippen LogP contribution in [0.25, 0.3) is 0 Å². The summed E-state index contributed by atoms with van der Waals surface area (Å²) < 4.78 is 6.50. The van der Waals surface area contributed by atoms with Gasteiger partial charge in [-0.05, 0) is 48.7 Å². The molecule has 1 aliphatic heterocycles. The topological polar surface area (TPSA) is 63.2 Å². The molecule has 26 heavy (non-hydrogen) atoms. The van der Waals surface area contributed by atoms with E-state index in [1.165, 1.54) is 11.1 Å². The van der Waals surface area contributed by atoms with E-state index in [1.54, 1.807) is 13.1 Å². The van der Waals surface area contributed by atoms with E-state index in [0.29, 0.717) is 6.61 Å². The van der Waals surface area contributed by atoms with Crippen LogP contribution in [0, 0.1) is 0 Å². The predicted molar refractivity (Wildman–Crippen MR) is 99.6 cm³/mol. The number of fused-ring (bicyclic) bond motifs is 2. The molecule has 2 aromatic rings. The fourth-order valence-electron chi connectivity index (χ4n) is 4.58. The number of pyridine rings is 1. The molecule has 1 spiro atoms. The van der Waals surface area contributed by atoms with Gasteiger partial charge in [-0.1, -0.05) is 30.3 Å². The Morgan fingerprint density at radius 1 is 1.27 bits per heavy atom. The quantitative estimate of drug-likeness (QED) is 0.888. The SMILES string of the molecule is CC(=O)N[C@H]1c2ccccc2C2(CCNCC2)[C@@H]1OCc1cccnc1. The summed E-state index contributed by atoms with van der Waals surface area (Å²) in [7, 11) is 0. The number of hydrogen-bond donors (Lipinski definition) is 2. The molecule has 1 fully saturated rings. The Balaban J connectivity index is 1.70. The van der Waals surface area contributed by atoms with E-state index in [1.807, 2.05) is 24.4 Å². The third-order valence-corrected chi connectivity index (χ3v) is 5.69. The van der Waals surface area contributed by atoms with Gasteiger partial charge in [-0.15, -0.1) is 0 Å². The van der Waals surface area contributed by atoms with Crippen LogP contribution in [-0.2, 0) is 21.6 Å². The molecule has 1 saturated heterocycles. The van der Waals surface area contributed by atoms with Gasteiger partial charge in [0.25, 0.3) is 0 Å². The van der Waals surface area contributed by atoms with Gasteiger partial charge < -0.3 is 15.4 Å². The zero-order chi connectivity index (χ0) is 18.0. The van der Waals surface area contributed by atoms with Gasteiger partial charge >= 0.3 is 0 Å². The third-order valence-electron chi connectivity index (χ3n) is 5.69. The first-order valence-corrected chi connectivity index (χ1v) is 9.28. The lowest BCUT2D eigenvalue weighted by molar-refractivity contribution is -0.122. The normalized spacial score (nSPS) is 23.6. The second-order valence-electron chi connectivity index (χ2n) is 7.26. The van der Waals surface area contributed by atoms with Crippen LogP contribution >= 0.6 is 0 Å². The van der Waals surface area contributed by atoms with Crippen LogP contribution in [0.15, 0.2) is 48.8 Å². The minimum atomic E-state index is -0.113. The van der Waals surface area contributed by atoms with Crippen molar-refractivity contribution in [1.29, 1.82) is 0 Å². The van der Waals surface area contributed by atoms with Gasteiger partial charge in [-0.2, -0.15) is 0 Å². The molecule has 1 aromatic carbocycles. The third kappa shape index (κ3) is 3.02. The van der Waals surface area contributed by atoms with E-state index in [0.717, 1.165) is 31.5 Å². The van der Waals surface area contributed by atoms with Crippen molar-refractivity contribution in [3.8, 4) is 0 Å². The lowest BCUT2D eigenvalue weighted by Gasteiger charge is -2.41. The molecular weight excluding hydrogens is 326 g/mol. The fourth-order valence-corrected chi connectivity index (χ4v) is 4.58. The average Bonchev–Trinajstić information content (AvgIpc) is 2.91. The molecule has 0 bridgehead atoms. The van der Waals surface area contributed by atoms with Crippen LogP contribution in [-0.4, -0.2) is 30.1 Å². The summed E-state index contributed by atoms with van der Waals surface area (Å²) in [5, 5.41) is 6.62. The van der Waals surface area contributed by atoms with Gasteiger partial charge in [-0.25, -0.2) is 0 Å². The minimum absolute atomic E-state index is 0.0224. The van der Waals surface area contributed by atoms with Gasteiger partial charge in [0, 0.05) is 24.7 Å². The summed E-state index contributed by atoms with van der Waals surface area (Å²) in [5.74, 6) is -0.0224. The maximum absolute atomic E-state index is 11.9. The van der Waals surface area contributed by atoms with Crippen LogP contribution in [0.2, 0.25) is 0 Å². The zero-order valence-corrected chi connectivity index (χ0v) is 15.1. The van der Waals surface area contributed by atoms with Gasteiger partial charge in [0.2, 0.25) is 5.91 Å². The Bertz CT molecular complexity index is 772. The number of nitrogens with one attached hydrogen (secondary N) is 2. The molecule has 5 heteroatoms. The summed E-state index contributed by atoms with van der Waals surface area (Å²) in [4.78, 5) is 16.1. The first kappa shape index (κ1) is 17.2. The Morgan fingerprint density at radius 2 is 2.08 bits per heavy atom. The standard InChI is InChI=1S/C21H25N3O2/c1-15(25)24-19-17-6-2-3-7-18(17)21(8-11-22-12-9-21)20(19)26-14-16-5-4-10-23-13-16/h2-7,10,13,19-20,22H,8-9,11-12,14H2,1H3,(H,24,25)/t19-,20+/m0/s1. The minimum Gasteiger partial charge on any atom is -0.370 e. The molecule has 2 N–H and O–H groups in total. The molecule has 4 rings (SSSR count). The van der Waals surface area contributed by atoms with Crippen molar-refractivity contribution >= 4 is 5.91 Å². The molecule has 5 nitrogen and oxygen atoms in total. The second-order valence-corrected chi connectivity index (χ2v) is 7.26. The number of nitrogens with zero attached hydrogens (tertiary/aromatic N) is 1. The molecule has 1 amide bonds. The Morgan fingerprint density at radius 3 is 2.81 bits per heavy atom. The van der Waals surface area contributed by atoms with Crippen LogP contribution in [0.1, 0.15) is 42.5 Å². The Kier molecular flexibility index (Phi) is 4.74. The van der Waals surface area contributed by atoms with Crippen LogP contribution < -0.4 is 10.6 Å². The highest BCUT2D eigenvalue weighted by Crippen LogP contribution is 2.51. The summed E-state index contributed by atoms with van der Waals surface area (Å²) in [6, 6.07) is 12.3. The number of carbonyl (C=O) groups excluding carboxylic acids is 1. The lowest BCUT2D eigenvalue weighted by Crippen LogP contribution is -2.49. The summed E-state index contributed by atoms with van der Waals surface area (Å²) >= 11 is 0. The molecule has 1 aromatic heterocycles. The fraction of sp³-hybridized carbons (Fsp3) is 0.429. The number of benzene rings is 1. The van der Waals surface area contributed by atoms with E-state index in [4.69, 9.17) is 4.74 Å². The maximum atomic E-state index is 11.9. The van der Waals surface area contributed by atoms with Crippen molar-refractivity contribution in [2.24, 2.45) is 0 Å². The number of rotatable bonds is 4. The highest BCUT2D eigenvalue weighted by molar-refractivity contribution is 5.74. The van der Waals surface area contributed by atoms with Gasteiger partial charge in [0.05, 0.1) is 18.8 Å². The number of ether oxygens (including phenoxy) is 1. The van der Waals surface area contributed by atoms with Gasteiger partial charge in [0.15, 0.2) is 0 Å². The number of aromatic nitrogens is 1. The molecule has 2 heterocycles. The Labute approximate surface area is 154 Å². The van der Waals surface area contributed by atoms with Gasteiger partial charge in [-0.3, -0.25) is 9.78 Å². The van der Waals surface area contributed by atoms with Crippen LogP contribution in [0.3, 0.4) is 0 Å². The number of carbonyl (C=O) groups is 1. The molecule has 2 aliphatic rings. The molecular formula is C21H25N3O2. The van der Waals surface area contributed by atoms with E-state index in [2.05, 4.69) is 33.8 Å². The van der Waals surface area contributed by atoms with Crippen LogP contribution in [0.4, 0.5) is 0 Å². The van der Waals surface area contributed by atoms with E-state index in [-0.39, 0.29) is 23.5 Å². The van der Waals surface area contributed by atoms with Crippen molar-refractivity contribution < 1.29 is 9.53 Å². The molecule has 136 valence electrons. The number of piperidine rings is 1. The first-order valence-electron chi connectivity index (χ1n) is 9.28. The van der Waals surface area contributed by atoms with E-state index < -0.39 is 0 Å². The highest BCUT2D eigenvalue weighted by Gasteiger charge is 2.53. The average molecular weight is 351 g/mol. The monoisotopic (exact) mass is 351 g/mol. The second kappa shape index (κ2) is 7.17. The number of amides is 1. The summed E-state index contributed by atoms with van der Waals surface area (Å²) in [6.07, 6.45) is 5.55.